The number of benzene rings is 1. The Balaban J connectivity index is 1.89. The van der Waals surface area contributed by atoms with Crippen molar-refractivity contribution in [2.75, 3.05) is 0 Å². The highest BCUT2D eigenvalue weighted by Gasteiger charge is 2.20. The van der Waals surface area contributed by atoms with Gasteiger partial charge in [0.05, 0.1) is 0 Å². The molecule has 0 saturated heterocycles. The summed E-state index contributed by atoms with van der Waals surface area (Å²) in [5, 5.41) is 7.60. The van der Waals surface area contributed by atoms with Gasteiger partial charge in [-0.2, -0.15) is 11.3 Å². The number of rotatable bonds is 4. The van der Waals surface area contributed by atoms with E-state index >= 15 is 0 Å². The molecule has 88 valence electrons. The van der Waals surface area contributed by atoms with Crippen LogP contribution in [0.3, 0.4) is 0 Å². The van der Waals surface area contributed by atoms with E-state index in [0.717, 1.165) is 17.7 Å². The van der Waals surface area contributed by atoms with Crippen molar-refractivity contribution in [3.8, 4) is 11.1 Å². The minimum atomic E-state index is -0.156. The summed E-state index contributed by atoms with van der Waals surface area (Å²) >= 11 is 1.67. The Morgan fingerprint density at radius 3 is 2.88 bits per heavy atom. The molecular weight excluding hydrogens is 233 g/mol. The molecule has 0 bridgehead atoms. The second kappa shape index (κ2) is 4.59. The lowest BCUT2D eigenvalue weighted by Crippen LogP contribution is -2.16. The van der Waals surface area contributed by atoms with Gasteiger partial charge in [0.1, 0.15) is 5.82 Å². The molecule has 0 atom stereocenters. The van der Waals surface area contributed by atoms with Gasteiger partial charge in [-0.25, -0.2) is 4.39 Å². The molecule has 2 aromatic rings. The summed E-state index contributed by atoms with van der Waals surface area (Å²) in [5.74, 6) is -0.156. The fourth-order valence-electron chi connectivity index (χ4n) is 1.95. The Kier molecular flexibility index (Phi) is 2.95. The molecular formula is C14H14FNS. The Morgan fingerprint density at radius 2 is 2.18 bits per heavy atom. The zero-order valence-electron chi connectivity index (χ0n) is 9.45. The topological polar surface area (TPSA) is 12.0 Å². The maximum absolute atomic E-state index is 13.3. The fourth-order valence-corrected chi connectivity index (χ4v) is 2.61. The number of halogens is 1. The van der Waals surface area contributed by atoms with Crippen LogP contribution in [0.25, 0.3) is 11.1 Å². The first-order valence-corrected chi connectivity index (χ1v) is 6.81. The predicted octanol–water partition coefficient (Wildman–Crippen LogP) is 3.81. The Labute approximate surface area is 104 Å². The molecule has 1 aromatic carbocycles. The summed E-state index contributed by atoms with van der Waals surface area (Å²) in [6.07, 6.45) is 2.51. The van der Waals surface area contributed by atoms with Gasteiger partial charge in [-0.3, -0.25) is 0 Å². The second-order valence-corrected chi connectivity index (χ2v) is 5.25. The van der Waals surface area contributed by atoms with E-state index in [9.17, 15) is 4.39 Å². The maximum atomic E-state index is 13.3. The normalized spacial score (nSPS) is 15.1. The van der Waals surface area contributed by atoms with Crippen LogP contribution < -0.4 is 5.32 Å². The molecule has 1 N–H and O–H groups in total. The van der Waals surface area contributed by atoms with Crippen molar-refractivity contribution in [1.82, 2.24) is 5.32 Å². The third-order valence-corrected chi connectivity index (χ3v) is 3.74. The highest BCUT2D eigenvalue weighted by Crippen LogP contribution is 2.27. The average molecular weight is 247 g/mol. The van der Waals surface area contributed by atoms with E-state index in [-0.39, 0.29) is 5.82 Å². The summed E-state index contributed by atoms with van der Waals surface area (Å²) < 4.78 is 13.3. The van der Waals surface area contributed by atoms with Crippen molar-refractivity contribution in [3.63, 3.8) is 0 Å². The Hall–Kier alpha value is -1.19. The lowest BCUT2D eigenvalue weighted by atomic mass is 10.0. The second-order valence-electron chi connectivity index (χ2n) is 4.47. The molecule has 1 aromatic heterocycles. The molecule has 0 amide bonds. The van der Waals surface area contributed by atoms with Gasteiger partial charge in [0.2, 0.25) is 0 Å². The molecule has 1 nitrogen and oxygen atoms in total. The molecule has 0 spiro atoms. The van der Waals surface area contributed by atoms with Gasteiger partial charge >= 0.3 is 0 Å². The molecule has 1 aliphatic carbocycles. The minimum absolute atomic E-state index is 0.156. The third-order valence-electron chi connectivity index (χ3n) is 3.06. The first-order chi connectivity index (χ1) is 8.33. The first kappa shape index (κ1) is 10.9. The molecule has 1 saturated carbocycles. The maximum Gasteiger partial charge on any atom is 0.123 e. The molecule has 3 rings (SSSR count). The van der Waals surface area contributed by atoms with Crippen LogP contribution in [0.4, 0.5) is 4.39 Å². The highest BCUT2D eigenvalue weighted by atomic mass is 32.1. The third kappa shape index (κ3) is 2.56. The van der Waals surface area contributed by atoms with Crippen LogP contribution in [-0.2, 0) is 6.54 Å². The SMILES string of the molecule is Fc1ccc(-c2ccsc2)c(CNC2CC2)c1. The van der Waals surface area contributed by atoms with Gasteiger partial charge in [0.25, 0.3) is 0 Å². The van der Waals surface area contributed by atoms with Gasteiger partial charge in [-0.15, -0.1) is 0 Å². The van der Waals surface area contributed by atoms with Crippen LogP contribution in [0.2, 0.25) is 0 Å². The van der Waals surface area contributed by atoms with Gasteiger partial charge in [0, 0.05) is 12.6 Å². The average Bonchev–Trinajstić information content (AvgIpc) is 3.00. The summed E-state index contributed by atoms with van der Waals surface area (Å²) in [6, 6.07) is 7.78. The van der Waals surface area contributed by atoms with E-state index < -0.39 is 0 Å². The molecule has 17 heavy (non-hydrogen) atoms. The number of hydrogen-bond donors (Lipinski definition) is 1. The van der Waals surface area contributed by atoms with Gasteiger partial charge in [-0.05, 0) is 58.5 Å². The van der Waals surface area contributed by atoms with Crippen LogP contribution >= 0.6 is 11.3 Å². The molecule has 1 fully saturated rings. The van der Waals surface area contributed by atoms with Crippen LogP contribution in [0.1, 0.15) is 18.4 Å². The fraction of sp³-hybridized carbons (Fsp3) is 0.286. The van der Waals surface area contributed by atoms with E-state index in [1.807, 2.05) is 6.07 Å². The van der Waals surface area contributed by atoms with Crippen molar-refractivity contribution >= 4 is 11.3 Å². The molecule has 1 heterocycles. The van der Waals surface area contributed by atoms with E-state index in [0.29, 0.717) is 6.04 Å². The quantitative estimate of drug-likeness (QED) is 0.866. The Bertz CT molecular complexity index is 503. The van der Waals surface area contributed by atoms with Crippen molar-refractivity contribution in [3.05, 3.63) is 46.4 Å². The zero-order chi connectivity index (χ0) is 11.7. The first-order valence-electron chi connectivity index (χ1n) is 5.87. The van der Waals surface area contributed by atoms with Crippen LogP contribution in [-0.4, -0.2) is 6.04 Å². The van der Waals surface area contributed by atoms with Gasteiger partial charge in [0.15, 0.2) is 0 Å². The lowest BCUT2D eigenvalue weighted by molar-refractivity contribution is 0.620. The van der Waals surface area contributed by atoms with E-state index in [4.69, 9.17) is 0 Å². The smallest absolute Gasteiger partial charge is 0.123 e. The molecule has 0 unspecified atom stereocenters. The van der Waals surface area contributed by atoms with E-state index in [1.54, 1.807) is 17.4 Å². The number of thiophene rings is 1. The molecule has 1 aliphatic rings. The molecule has 0 radical (unpaired) electrons. The molecule has 0 aliphatic heterocycles. The number of hydrogen-bond acceptors (Lipinski definition) is 2. The van der Waals surface area contributed by atoms with Crippen molar-refractivity contribution in [2.45, 2.75) is 25.4 Å². The van der Waals surface area contributed by atoms with Crippen LogP contribution in [0, 0.1) is 5.82 Å². The molecule has 3 heteroatoms. The standard InChI is InChI=1S/C14H14FNS/c15-12-1-4-14(10-5-6-17-9-10)11(7-12)8-16-13-2-3-13/h1,4-7,9,13,16H,2-3,8H2. The van der Waals surface area contributed by atoms with Crippen LogP contribution in [0.5, 0.6) is 0 Å². The van der Waals surface area contributed by atoms with Crippen molar-refractivity contribution < 1.29 is 4.39 Å². The van der Waals surface area contributed by atoms with Crippen LogP contribution in [0.15, 0.2) is 35.0 Å². The summed E-state index contributed by atoms with van der Waals surface area (Å²) in [7, 11) is 0. The minimum Gasteiger partial charge on any atom is -0.310 e. The van der Waals surface area contributed by atoms with Crippen molar-refractivity contribution in [1.29, 1.82) is 0 Å². The lowest BCUT2D eigenvalue weighted by Gasteiger charge is -2.09. The largest absolute Gasteiger partial charge is 0.310 e. The van der Waals surface area contributed by atoms with Crippen molar-refractivity contribution in [2.24, 2.45) is 0 Å². The monoisotopic (exact) mass is 247 g/mol. The zero-order valence-corrected chi connectivity index (χ0v) is 10.3. The Morgan fingerprint density at radius 1 is 1.29 bits per heavy atom. The summed E-state index contributed by atoms with van der Waals surface area (Å²) in [5.41, 5.74) is 3.37. The number of nitrogens with one attached hydrogen (secondary N) is 1. The summed E-state index contributed by atoms with van der Waals surface area (Å²) in [6.45, 7) is 0.758. The van der Waals surface area contributed by atoms with E-state index in [2.05, 4.69) is 22.1 Å². The van der Waals surface area contributed by atoms with E-state index in [1.165, 1.54) is 24.5 Å². The predicted molar refractivity (Wildman–Crippen MR) is 69.6 cm³/mol. The van der Waals surface area contributed by atoms with Gasteiger partial charge in [-0.1, -0.05) is 6.07 Å². The van der Waals surface area contributed by atoms with Gasteiger partial charge < -0.3 is 5.32 Å². The highest BCUT2D eigenvalue weighted by molar-refractivity contribution is 7.08. The summed E-state index contributed by atoms with van der Waals surface area (Å²) in [4.78, 5) is 0.